The van der Waals surface area contributed by atoms with Crippen molar-refractivity contribution in [2.45, 2.75) is 116 Å². The van der Waals surface area contributed by atoms with Crippen LogP contribution in [0.4, 0.5) is 0 Å². The van der Waals surface area contributed by atoms with E-state index in [2.05, 4.69) is 32.6 Å². The third kappa shape index (κ3) is 6.87. The lowest BCUT2D eigenvalue weighted by Gasteiger charge is -2.44. The summed E-state index contributed by atoms with van der Waals surface area (Å²) >= 11 is 0. The van der Waals surface area contributed by atoms with Gasteiger partial charge in [-0.15, -0.1) is 0 Å². The van der Waals surface area contributed by atoms with E-state index in [1.54, 1.807) is 0 Å². The number of aliphatic hydroxyl groups is 4. The van der Waals surface area contributed by atoms with Gasteiger partial charge in [-0.1, -0.05) is 51.0 Å². The van der Waals surface area contributed by atoms with E-state index in [-0.39, 0.29) is 6.61 Å². The molecule has 3 aliphatic rings. The van der Waals surface area contributed by atoms with Crippen molar-refractivity contribution in [3.8, 4) is 0 Å². The molecule has 200 valence electrons. The first-order valence-electron chi connectivity index (χ1n) is 13.9. The highest BCUT2D eigenvalue weighted by Crippen LogP contribution is 2.60. The first-order chi connectivity index (χ1) is 16.5. The Labute approximate surface area is 213 Å². The normalized spacial score (nSPS) is 37.1. The monoisotopic (exact) mass is 490 g/mol. The van der Waals surface area contributed by atoms with Gasteiger partial charge in [-0.05, 0) is 93.1 Å². The molecule has 35 heavy (non-hydrogen) atoms. The molecule has 3 rings (SSSR count). The molecule has 3 aliphatic carbocycles. The van der Waals surface area contributed by atoms with Crippen molar-refractivity contribution in [1.82, 2.24) is 0 Å². The van der Waals surface area contributed by atoms with Crippen molar-refractivity contribution in [2.75, 3.05) is 13.2 Å². The van der Waals surface area contributed by atoms with Crippen LogP contribution in [-0.4, -0.2) is 57.6 Å². The Morgan fingerprint density at radius 2 is 1.94 bits per heavy atom. The highest BCUT2D eigenvalue weighted by molar-refractivity contribution is 5.40. The second-order valence-electron chi connectivity index (χ2n) is 12.4. The lowest BCUT2D eigenvalue weighted by Crippen LogP contribution is -2.45. The van der Waals surface area contributed by atoms with Gasteiger partial charge in [-0.3, -0.25) is 0 Å². The fourth-order valence-electron chi connectivity index (χ4n) is 7.21. The molecule has 0 aromatic heterocycles. The molecule has 0 bridgehead atoms. The molecule has 0 saturated heterocycles. The number of aliphatic hydroxyl groups excluding tert-OH is 3. The van der Waals surface area contributed by atoms with Crippen LogP contribution in [0.25, 0.3) is 0 Å². The van der Waals surface area contributed by atoms with Crippen LogP contribution in [0.5, 0.6) is 0 Å². The van der Waals surface area contributed by atoms with Gasteiger partial charge in [-0.2, -0.15) is 0 Å². The lowest BCUT2D eigenvalue weighted by molar-refractivity contribution is -0.0968. The molecular formula is C30H50O5. The molecule has 0 heterocycles. The zero-order valence-corrected chi connectivity index (χ0v) is 22.5. The van der Waals surface area contributed by atoms with E-state index in [4.69, 9.17) is 9.84 Å². The van der Waals surface area contributed by atoms with Crippen LogP contribution in [0.15, 0.2) is 35.5 Å². The molecule has 0 aliphatic heterocycles. The summed E-state index contributed by atoms with van der Waals surface area (Å²) in [6.45, 7) is 13.2. The summed E-state index contributed by atoms with van der Waals surface area (Å²) in [5.41, 5.74) is 2.79. The lowest BCUT2D eigenvalue weighted by atomic mass is 9.60. The topological polar surface area (TPSA) is 90.2 Å². The van der Waals surface area contributed by atoms with E-state index in [0.29, 0.717) is 42.3 Å². The number of fused-ring (bicyclic) bond motifs is 1. The zero-order chi connectivity index (χ0) is 25.8. The van der Waals surface area contributed by atoms with Gasteiger partial charge < -0.3 is 25.2 Å². The summed E-state index contributed by atoms with van der Waals surface area (Å²) < 4.78 is 5.63. The molecule has 1 unspecified atom stereocenters. The molecule has 7 atom stereocenters. The molecule has 3 saturated carbocycles. The maximum atomic E-state index is 10.7. The van der Waals surface area contributed by atoms with Crippen molar-refractivity contribution >= 4 is 0 Å². The van der Waals surface area contributed by atoms with E-state index in [1.165, 1.54) is 37.7 Å². The zero-order valence-electron chi connectivity index (χ0n) is 22.5. The Morgan fingerprint density at radius 3 is 2.63 bits per heavy atom. The highest BCUT2D eigenvalue weighted by atomic mass is 16.5. The van der Waals surface area contributed by atoms with Crippen LogP contribution >= 0.6 is 0 Å². The largest absolute Gasteiger partial charge is 0.396 e. The summed E-state index contributed by atoms with van der Waals surface area (Å²) in [5, 5.41) is 40.4. The van der Waals surface area contributed by atoms with Crippen molar-refractivity contribution in [2.24, 2.45) is 23.2 Å². The molecule has 5 nitrogen and oxygen atoms in total. The SMILES string of the molecule is C=C1C(=CC=C2CCC[C@@]3(C)C2CC[C@@H]3[C@H](C)CCCC(C)(C)O)C[C@@H](O)[C@@H](OCCCO)[C@@H]1O. The standard InChI is InChI=1S/C30H50O5/c1-20(9-6-15-29(3,4)34)24-13-14-25-22(10-7-16-30(24,25)5)11-12-23-19-26(32)28(27(33)21(23)2)35-18-8-17-31/h11-12,20,24-28,31-34H,2,6-10,13-19H2,1,3-5H3/t20-,24-,25?,26-,27-,28-,30-/m1/s1. The molecule has 0 aromatic carbocycles. The van der Waals surface area contributed by atoms with Crippen molar-refractivity contribution in [1.29, 1.82) is 0 Å². The second kappa shape index (κ2) is 12.0. The smallest absolute Gasteiger partial charge is 0.114 e. The number of allylic oxidation sites excluding steroid dienone is 3. The van der Waals surface area contributed by atoms with Crippen LogP contribution in [0.1, 0.15) is 91.9 Å². The third-order valence-corrected chi connectivity index (χ3v) is 9.17. The Hall–Kier alpha value is -0.980. The van der Waals surface area contributed by atoms with Crippen LogP contribution < -0.4 is 0 Å². The minimum absolute atomic E-state index is 0.0269. The first kappa shape index (κ1) is 28.6. The molecule has 3 fully saturated rings. The Balaban J connectivity index is 1.67. The van der Waals surface area contributed by atoms with Crippen LogP contribution in [-0.2, 0) is 4.74 Å². The highest BCUT2D eigenvalue weighted by Gasteiger charge is 2.50. The fraction of sp³-hybridized carbons (Fsp3) is 0.800. The Kier molecular flexibility index (Phi) is 9.84. The summed E-state index contributed by atoms with van der Waals surface area (Å²) in [6, 6.07) is 0. The fourth-order valence-corrected chi connectivity index (χ4v) is 7.21. The van der Waals surface area contributed by atoms with Crippen LogP contribution in [0, 0.1) is 23.2 Å². The quantitative estimate of drug-likeness (QED) is 0.321. The minimum Gasteiger partial charge on any atom is -0.396 e. The van der Waals surface area contributed by atoms with E-state index >= 15 is 0 Å². The van der Waals surface area contributed by atoms with Crippen molar-refractivity contribution < 1.29 is 25.2 Å². The first-order valence-corrected chi connectivity index (χ1v) is 13.9. The summed E-state index contributed by atoms with van der Waals surface area (Å²) in [7, 11) is 0. The van der Waals surface area contributed by atoms with E-state index in [1.807, 2.05) is 13.8 Å². The molecule has 0 amide bonds. The van der Waals surface area contributed by atoms with E-state index in [9.17, 15) is 15.3 Å². The minimum atomic E-state index is -0.931. The maximum Gasteiger partial charge on any atom is 0.114 e. The van der Waals surface area contributed by atoms with E-state index in [0.717, 1.165) is 30.8 Å². The maximum absolute atomic E-state index is 10.7. The Morgan fingerprint density at radius 1 is 1.20 bits per heavy atom. The van der Waals surface area contributed by atoms with Gasteiger partial charge in [0.1, 0.15) is 12.2 Å². The molecule has 5 heteroatoms. The molecule has 0 aromatic rings. The molecule has 0 radical (unpaired) electrons. The van der Waals surface area contributed by atoms with Gasteiger partial charge in [0.05, 0.1) is 11.7 Å². The van der Waals surface area contributed by atoms with E-state index < -0.39 is 23.9 Å². The number of hydrogen-bond acceptors (Lipinski definition) is 5. The van der Waals surface area contributed by atoms with Gasteiger partial charge in [0, 0.05) is 19.6 Å². The average molecular weight is 491 g/mol. The second-order valence-corrected chi connectivity index (χ2v) is 12.4. The molecular weight excluding hydrogens is 440 g/mol. The Bertz CT molecular complexity index is 778. The number of rotatable bonds is 10. The predicted molar refractivity (Wildman–Crippen MR) is 141 cm³/mol. The summed E-state index contributed by atoms with van der Waals surface area (Å²) in [5.74, 6) is 1.98. The van der Waals surface area contributed by atoms with Gasteiger partial charge in [0.15, 0.2) is 0 Å². The third-order valence-electron chi connectivity index (χ3n) is 9.17. The number of ether oxygens (including phenoxy) is 1. The summed E-state index contributed by atoms with van der Waals surface area (Å²) in [4.78, 5) is 0. The van der Waals surface area contributed by atoms with Gasteiger partial charge in [0.25, 0.3) is 0 Å². The van der Waals surface area contributed by atoms with Gasteiger partial charge in [0.2, 0.25) is 0 Å². The van der Waals surface area contributed by atoms with Crippen molar-refractivity contribution in [3.63, 3.8) is 0 Å². The number of hydrogen-bond donors (Lipinski definition) is 4. The molecule has 4 N–H and O–H groups in total. The molecule has 0 spiro atoms. The average Bonchev–Trinajstić information content (AvgIpc) is 3.14. The van der Waals surface area contributed by atoms with Gasteiger partial charge in [-0.25, -0.2) is 0 Å². The predicted octanol–water partition coefficient (Wildman–Crippen LogP) is 5.08. The van der Waals surface area contributed by atoms with Crippen LogP contribution in [0.2, 0.25) is 0 Å². The summed E-state index contributed by atoms with van der Waals surface area (Å²) in [6.07, 6.45) is 12.1. The van der Waals surface area contributed by atoms with Crippen molar-refractivity contribution in [3.05, 3.63) is 35.5 Å². The van der Waals surface area contributed by atoms with Gasteiger partial charge >= 0.3 is 0 Å². The van der Waals surface area contributed by atoms with Crippen LogP contribution in [0.3, 0.4) is 0 Å².